The highest BCUT2D eigenvalue weighted by atomic mass is 32.2. The average molecular weight is 207 g/mol. The molecule has 2 N–H and O–H groups in total. The van der Waals surface area contributed by atoms with Crippen molar-refractivity contribution in [2.45, 2.75) is 6.92 Å². The smallest absolute Gasteiger partial charge is 0.327 e. The van der Waals surface area contributed by atoms with E-state index in [1.54, 1.807) is 0 Å². The molecule has 0 aliphatic rings. The third kappa shape index (κ3) is 2.05. The van der Waals surface area contributed by atoms with Crippen LogP contribution in [-0.2, 0) is 10.1 Å². The second-order valence-corrected chi connectivity index (χ2v) is 4.11. The van der Waals surface area contributed by atoms with Gasteiger partial charge in [-0.25, -0.2) is 0 Å². The van der Waals surface area contributed by atoms with Crippen LogP contribution in [0.4, 0.5) is 0 Å². The molecule has 0 unspecified atom stereocenters. The highest BCUT2D eigenvalue weighted by Crippen LogP contribution is 2.19. The molecule has 13 heavy (non-hydrogen) atoms. The molecule has 1 heterocycles. The van der Waals surface area contributed by atoms with Gasteiger partial charge in [0.15, 0.2) is 0 Å². The molecule has 0 aromatic carbocycles. The van der Waals surface area contributed by atoms with Crippen molar-refractivity contribution in [3.63, 3.8) is 0 Å². The van der Waals surface area contributed by atoms with Crippen LogP contribution in [0.2, 0.25) is 0 Å². The molecule has 0 radical (unpaired) electrons. The Labute approximate surface area is 75.1 Å². The molecule has 0 amide bonds. The topological polar surface area (TPSA) is 88.8 Å². The Morgan fingerprint density at radius 3 is 2.23 bits per heavy atom. The first-order valence-electron chi connectivity index (χ1n) is 3.48. The Hall–Kier alpha value is -1.37. The Morgan fingerprint density at radius 2 is 1.85 bits per heavy atom. The lowest BCUT2D eigenvalue weighted by atomic mass is 10.6. The summed E-state index contributed by atoms with van der Waals surface area (Å²) in [6, 6.07) is 2.22. The molecule has 1 aromatic heterocycles. The van der Waals surface area contributed by atoms with Crippen LogP contribution in [-0.4, -0.2) is 29.1 Å². The minimum Gasteiger partial charge on any atom is -0.492 e. The van der Waals surface area contributed by atoms with Gasteiger partial charge in [-0.2, -0.15) is 8.42 Å². The predicted octanol–water partition coefficient (Wildman–Crippen LogP) is -0.322. The van der Waals surface area contributed by atoms with E-state index in [9.17, 15) is 8.42 Å². The predicted molar refractivity (Wildman–Crippen MR) is 43.8 cm³/mol. The van der Waals surface area contributed by atoms with Crippen LogP contribution in [0.5, 0.6) is 11.8 Å². The highest BCUT2D eigenvalue weighted by Gasteiger charge is 2.14. The molecular weight excluding hydrogens is 198 g/mol. The number of aromatic nitrogens is 1. The summed E-state index contributed by atoms with van der Waals surface area (Å²) >= 11 is 0. The summed E-state index contributed by atoms with van der Waals surface area (Å²) in [6.07, 6.45) is 0. The number of aromatic hydroxyl groups is 2. The van der Waals surface area contributed by atoms with E-state index in [0.29, 0.717) is 4.73 Å². The van der Waals surface area contributed by atoms with E-state index in [2.05, 4.69) is 4.28 Å². The van der Waals surface area contributed by atoms with Crippen LogP contribution in [0.1, 0.15) is 6.92 Å². The first kappa shape index (κ1) is 9.72. The molecule has 0 saturated heterocycles. The van der Waals surface area contributed by atoms with Crippen LogP contribution in [0.3, 0.4) is 0 Å². The van der Waals surface area contributed by atoms with Crippen molar-refractivity contribution in [3.05, 3.63) is 12.1 Å². The van der Waals surface area contributed by atoms with E-state index in [1.165, 1.54) is 6.92 Å². The normalized spacial score (nSPS) is 11.5. The largest absolute Gasteiger partial charge is 0.492 e. The molecule has 0 saturated carbocycles. The van der Waals surface area contributed by atoms with Gasteiger partial charge in [-0.15, -0.1) is 0 Å². The molecule has 74 valence electrons. The minimum absolute atomic E-state index is 0.246. The van der Waals surface area contributed by atoms with Gasteiger partial charge < -0.3 is 10.2 Å². The van der Waals surface area contributed by atoms with E-state index in [4.69, 9.17) is 10.2 Å². The Balaban J connectivity index is 2.99. The van der Waals surface area contributed by atoms with Crippen molar-refractivity contribution in [1.29, 1.82) is 0 Å². The molecule has 1 aromatic rings. The maximum atomic E-state index is 10.9. The molecular formula is C6H9NO5S. The summed E-state index contributed by atoms with van der Waals surface area (Å²) in [5.41, 5.74) is 0. The zero-order chi connectivity index (χ0) is 10.1. The zero-order valence-electron chi connectivity index (χ0n) is 6.84. The van der Waals surface area contributed by atoms with Crippen molar-refractivity contribution < 1.29 is 22.9 Å². The van der Waals surface area contributed by atoms with Gasteiger partial charge in [0.1, 0.15) is 0 Å². The van der Waals surface area contributed by atoms with Crippen molar-refractivity contribution in [2.24, 2.45) is 0 Å². The lowest BCUT2D eigenvalue weighted by Gasteiger charge is -2.06. The zero-order valence-corrected chi connectivity index (χ0v) is 7.65. The Kier molecular flexibility index (Phi) is 2.37. The molecule has 0 aliphatic carbocycles. The first-order chi connectivity index (χ1) is 5.96. The molecule has 0 atom stereocenters. The van der Waals surface area contributed by atoms with Gasteiger partial charge in [-0.05, 0) is 6.92 Å². The van der Waals surface area contributed by atoms with Gasteiger partial charge in [0.2, 0.25) is 11.8 Å². The summed E-state index contributed by atoms with van der Waals surface area (Å²) in [7, 11) is -3.74. The maximum absolute atomic E-state index is 10.9. The minimum atomic E-state index is -3.74. The van der Waals surface area contributed by atoms with Gasteiger partial charge in [0.05, 0.1) is 5.75 Å². The van der Waals surface area contributed by atoms with Gasteiger partial charge in [-0.1, -0.05) is 4.73 Å². The fourth-order valence-corrected chi connectivity index (χ4v) is 1.13. The molecule has 7 heteroatoms. The molecule has 0 aliphatic heterocycles. The average Bonchev–Trinajstić information content (AvgIpc) is 2.36. The molecule has 0 spiro atoms. The Bertz CT molecular complexity index is 374. The van der Waals surface area contributed by atoms with Gasteiger partial charge >= 0.3 is 10.1 Å². The van der Waals surface area contributed by atoms with E-state index < -0.39 is 21.9 Å². The van der Waals surface area contributed by atoms with E-state index in [-0.39, 0.29) is 5.75 Å². The van der Waals surface area contributed by atoms with Crippen LogP contribution >= 0.6 is 0 Å². The summed E-state index contributed by atoms with van der Waals surface area (Å²) in [4.78, 5) is 0. The summed E-state index contributed by atoms with van der Waals surface area (Å²) < 4.78 is 26.6. The van der Waals surface area contributed by atoms with Crippen LogP contribution < -0.4 is 4.28 Å². The van der Waals surface area contributed by atoms with Gasteiger partial charge in [0, 0.05) is 12.1 Å². The van der Waals surface area contributed by atoms with Crippen LogP contribution in [0, 0.1) is 0 Å². The number of rotatable bonds is 3. The summed E-state index contributed by atoms with van der Waals surface area (Å²) in [5, 5.41) is 18.0. The lowest BCUT2D eigenvalue weighted by molar-refractivity contribution is 0.203. The van der Waals surface area contributed by atoms with Gasteiger partial charge in [0.25, 0.3) is 0 Å². The summed E-state index contributed by atoms with van der Waals surface area (Å²) in [6.45, 7) is 1.38. The van der Waals surface area contributed by atoms with E-state index in [1.807, 2.05) is 0 Å². The molecule has 1 rings (SSSR count). The fraction of sp³-hybridized carbons (Fsp3) is 0.333. The molecule has 6 nitrogen and oxygen atoms in total. The van der Waals surface area contributed by atoms with Crippen molar-refractivity contribution in [3.8, 4) is 11.8 Å². The second-order valence-electron chi connectivity index (χ2n) is 2.26. The molecule has 0 bridgehead atoms. The number of nitrogens with zero attached hydrogens (tertiary/aromatic N) is 1. The Morgan fingerprint density at radius 1 is 1.38 bits per heavy atom. The van der Waals surface area contributed by atoms with Crippen molar-refractivity contribution >= 4 is 10.1 Å². The van der Waals surface area contributed by atoms with Crippen molar-refractivity contribution in [1.82, 2.24) is 4.73 Å². The monoisotopic (exact) mass is 207 g/mol. The van der Waals surface area contributed by atoms with E-state index >= 15 is 0 Å². The van der Waals surface area contributed by atoms with Crippen LogP contribution in [0.25, 0.3) is 0 Å². The number of hydrogen-bond donors (Lipinski definition) is 2. The quantitative estimate of drug-likeness (QED) is 0.709. The standard InChI is InChI=1S/C6H9NO5S/c1-2-13(10,11)12-7-5(8)3-4-6(7)9/h3-4,8-9H,2H2,1H3. The second kappa shape index (κ2) is 3.17. The third-order valence-electron chi connectivity index (χ3n) is 1.34. The summed E-state index contributed by atoms with van der Waals surface area (Å²) in [5.74, 6) is -1.20. The van der Waals surface area contributed by atoms with Crippen LogP contribution in [0.15, 0.2) is 12.1 Å². The van der Waals surface area contributed by atoms with Crippen molar-refractivity contribution in [2.75, 3.05) is 5.75 Å². The molecule has 0 fully saturated rings. The van der Waals surface area contributed by atoms with E-state index in [0.717, 1.165) is 12.1 Å². The van der Waals surface area contributed by atoms with Gasteiger partial charge in [-0.3, -0.25) is 4.28 Å². The fourth-order valence-electron chi connectivity index (χ4n) is 0.644. The maximum Gasteiger partial charge on any atom is 0.327 e. The third-order valence-corrected chi connectivity index (χ3v) is 2.42. The lowest BCUT2D eigenvalue weighted by Crippen LogP contribution is -2.20. The highest BCUT2D eigenvalue weighted by molar-refractivity contribution is 7.86. The number of hydrogen-bond acceptors (Lipinski definition) is 5. The first-order valence-corrected chi connectivity index (χ1v) is 5.06. The SMILES string of the molecule is CCS(=O)(=O)On1c(O)ccc1O.